The van der Waals surface area contributed by atoms with Crippen LogP contribution in [0.4, 0.5) is 0 Å². The van der Waals surface area contributed by atoms with Crippen molar-refractivity contribution in [3.05, 3.63) is 63.8 Å². The van der Waals surface area contributed by atoms with Gasteiger partial charge in [0.2, 0.25) is 5.76 Å². The van der Waals surface area contributed by atoms with Crippen molar-refractivity contribution in [1.29, 1.82) is 0 Å². The number of carbonyl (C=O) groups is 2. The molecule has 1 aliphatic heterocycles. The molecule has 4 rings (SSSR count). The van der Waals surface area contributed by atoms with E-state index in [2.05, 4.69) is 17.1 Å². The van der Waals surface area contributed by atoms with Crippen molar-refractivity contribution < 1.29 is 24.2 Å². The lowest BCUT2D eigenvalue weighted by molar-refractivity contribution is -0.134. The van der Waals surface area contributed by atoms with Crippen LogP contribution < -0.4 is 10.3 Å². The zero-order valence-corrected chi connectivity index (χ0v) is 17.6. The van der Waals surface area contributed by atoms with Crippen LogP contribution in [0.25, 0.3) is 17.2 Å². The summed E-state index contributed by atoms with van der Waals surface area (Å²) in [5.41, 5.74) is 0.464. The minimum atomic E-state index is -1.32. The van der Waals surface area contributed by atoms with Crippen LogP contribution in [-0.4, -0.2) is 33.2 Å². The lowest BCUT2D eigenvalue weighted by Gasteiger charge is -2.22. The van der Waals surface area contributed by atoms with E-state index in [0.717, 1.165) is 17.2 Å². The van der Waals surface area contributed by atoms with Crippen molar-refractivity contribution in [2.45, 2.75) is 33.6 Å². The average Bonchev–Trinajstić information content (AvgIpc) is 2.79. The van der Waals surface area contributed by atoms with Crippen LogP contribution in [0.2, 0.25) is 0 Å². The number of hydrogen-bond donors (Lipinski definition) is 1. The summed E-state index contributed by atoms with van der Waals surface area (Å²) in [5, 5.41) is 9.45. The Kier molecular flexibility index (Phi) is 6.69. The van der Waals surface area contributed by atoms with Gasteiger partial charge in [-0.1, -0.05) is 38.2 Å². The first-order valence-electron chi connectivity index (χ1n) is 10.2. The van der Waals surface area contributed by atoms with E-state index in [9.17, 15) is 19.5 Å². The van der Waals surface area contributed by atoms with Crippen LogP contribution >= 0.6 is 0 Å². The summed E-state index contributed by atoms with van der Waals surface area (Å²) in [4.78, 5) is 41.1. The number of carboxylic acid groups (broad SMARTS) is 1. The number of rotatable bonds is 5. The first-order chi connectivity index (χ1) is 15.0. The highest BCUT2D eigenvalue weighted by molar-refractivity contribution is 5.98. The molecule has 0 aromatic carbocycles. The van der Waals surface area contributed by atoms with Gasteiger partial charge in [-0.3, -0.25) is 14.3 Å². The van der Waals surface area contributed by atoms with Gasteiger partial charge in [-0.05, 0) is 31.7 Å². The summed E-state index contributed by atoms with van der Waals surface area (Å²) in [6.07, 6.45) is 12.1. The third kappa shape index (κ3) is 4.28. The van der Waals surface area contributed by atoms with Gasteiger partial charge >= 0.3 is 11.9 Å². The highest BCUT2D eigenvalue weighted by Crippen LogP contribution is 2.35. The van der Waals surface area contributed by atoms with Gasteiger partial charge in [-0.25, -0.2) is 9.59 Å². The fraction of sp³-hybridized carbons (Fsp3) is 0.304. The second-order valence-corrected chi connectivity index (χ2v) is 6.71. The third-order valence-corrected chi connectivity index (χ3v) is 4.80. The topological polar surface area (TPSA) is 108 Å². The molecule has 0 saturated heterocycles. The largest absolute Gasteiger partial charge is 0.475 e. The molecule has 0 spiro atoms. The van der Waals surface area contributed by atoms with Gasteiger partial charge in [0.1, 0.15) is 11.1 Å². The number of ether oxygens (including phenoxy) is 2. The molecule has 0 saturated carbocycles. The molecule has 2 aromatic rings. The summed E-state index contributed by atoms with van der Waals surface area (Å²) in [7, 11) is 0. The van der Waals surface area contributed by atoms with E-state index in [4.69, 9.17) is 9.47 Å². The fourth-order valence-electron chi connectivity index (χ4n) is 3.46. The lowest BCUT2D eigenvalue weighted by atomic mass is 9.93. The van der Waals surface area contributed by atoms with E-state index in [1.807, 2.05) is 26.0 Å². The molecule has 1 N–H and O–H groups in total. The molecule has 0 radical (unpaired) electrons. The normalized spacial score (nSPS) is 16.1. The van der Waals surface area contributed by atoms with Crippen molar-refractivity contribution in [1.82, 2.24) is 9.55 Å². The van der Waals surface area contributed by atoms with Gasteiger partial charge in [0.25, 0.3) is 5.56 Å². The van der Waals surface area contributed by atoms with E-state index in [0.29, 0.717) is 23.0 Å². The number of hydrogen-bond acceptors (Lipinski definition) is 6. The molecule has 162 valence electrons. The predicted molar refractivity (Wildman–Crippen MR) is 116 cm³/mol. The van der Waals surface area contributed by atoms with Crippen LogP contribution in [0, 0.1) is 5.92 Å². The summed E-state index contributed by atoms with van der Waals surface area (Å²) in [5.74, 6) is -2.04. The Bertz CT molecular complexity index is 1170. The quantitative estimate of drug-likeness (QED) is 0.731. The van der Waals surface area contributed by atoms with Gasteiger partial charge in [0.05, 0.1) is 18.3 Å². The van der Waals surface area contributed by atoms with Gasteiger partial charge in [-0.2, -0.15) is 0 Å². The highest BCUT2D eigenvalue weighted by atomic mass is 16.5. The Hall–Kier alpha value is -3.68. The molecule has 8 heteroatoms. The Morgan fingerprint density at radius 2 is 2.10 bits per heavy atom. The molecule has 1 unspecified atom stereocenters. The van der Waals surface area contributed by atoms with Crippen LogP contribution in [0.1, 0.15) is 43.1 Å². The fourth-order valence-corrected chi connectivity index (χ4v) is 3.46. The Labute approximate surface area is 179 Å². The molecule has 8 nitrogen and oxygen atoms in total. The minimum Gasteiger partial charge on any atom is -0.475 e. The summed E-state index contributed by atoms with van der Waals surface area (Å²) in [6.45, 7) is 5.74. The molecule has 2 aromatic heterocycles. The van der Waals surface area contributed by atoms with Gasteiger partial charge < -0.3 is 14.6 Å². The zero-order chi connectivity index (χ0) is 22.5. The molecular formula is C23H24N2O6. The Morgan fingerprint density at radius 1 is 1.32 bits per heavy atom. The molecule has 3 heterocycles. The number of nitrogens with zero attached hydrogens (tertiary/aromatic N) is 2. The number of pyridine rings is 2. The van der Waals surface area contributed by atoms with Crippen LogP contribution in [-0.2, 0) is 16.0 Å². The molecule has 0 bridgehead atoms. The number of carbonyl (C=O) groups excluding carboxylic acids is 1. The first kappa shape index (κ1) is 22.0. The SMILES string of the molecule is CC.CCOC(=O)c1cc2ncc(CC3C=CC=CC3)c3c2n(c1=O)C=C(C(=O)O)O3. The number of carboxylic acids is 1. The van der Waals surface area contributed by atoms with Crippen LogP contribution in [0.3, 0.4) is 0 Å². The molecule has 0 fully saturated rings. The predicted octanol–water partition coefficient (Wildman–Crippen LogP) is 3.55. The Morgan fingerprint density at radius 3 is 2.74 bits per heavy atom. The second-order valence-electron chi connectivity index (χ2n) is 6.71. The molecule has 2 aliphatic rings. The summed E-state index contributed by atoms with van der Waals surface area (Å²) in [6, 6.07) is 1.35. The zero-order valence-electron chi connectivity index (χ0n) is 17.6. The summed E-state index contributed by atoms with van der Waals surface area (Å²) < 4.78 is 11.7. The average molecular weight is 424 g/mol. The third-order valence-electron chi connectivity index (χ3n) is 4.80. The monoisotopic (exact) mass is 424 g/mol. The van der Waals surface area contributed by atoms with Gasteiger partial charge in [-0.15, -0.1) is 0 Å². The van der Waals surface area contributed by atoms with Gasteiger partial charge in [0, 0.05) is 11.8 Å². The van der Waals surface area contributed by atoms with Crippen molar-refractivity contribution in [2.24, 2.45) is 5.92 Å². The van der Waals surface area contributed by atoms with Crippen molar-refractivity contribution in [3.63, 3.8) is 0 Å². The van der Waals surface area contributed by atoms with E-state index in [-0.39, 0.29) is 23.8 Å². The highest BCUT2D eigenvalue weighted by Gasteiger charge is 2.27. The van der Waals surface area contributed by atoms with E-state index >= 15 is 0 Å². The molecule has 1 aliphatic carbocycles. The molecular weight excluding hydrogens is 400 g/mol. The number of aromatic nitrogens is 2. The van der Waals surface area contributed by atoms with E-state index in [1.165, 1.54) is 6.07 Å². The van der Waals surface area contributed by atoms with Crippen LogP contribution in [0.15, 0.2) is 47.1 Å². The van der Waals surface area contributed by atoms with Crippen molar-refractivity contribution >= 4 is 29.2 Å². The van der Waals surface area contributed by atoms with Crippen LogP contribution in [0.5, 0.6) is 5.75 Å². The van der Waals surface area contributed by atoms with Crippen molar-refractivity contribution in [2.75, 3.05) is 6.61 Å². The second kappa shape index (κ2) is 9.42. The van der Waals surface area contributed by atoms with Gasteiger partial charge in [0.15, 0.2) is 5.75 Å². The standard InChI is InChI=1S/C21H18N2O6.C2H6/c1-2-28-21(27)14-9-15-17-18(29-16(20(25)26)11-23(17)19(14)24)13(10-22-15)8-12-6-4-3-5-7-12;1-2/h3-6,9-12H,2,7-8H2,1H3,(H,25,26);1-2H3. The Balaban J connectivity index is 0.00000132. The number of allylic oxidation sites excluding steroid dienone is 4. The maximum Gasteiger partial charge on any atom is 0.373 e. The van der Waals surface area contributed by atoms with Crippen molar-refractivity contribution in [3.8, 4) is 5.75 Å². The lowest BCUT2D eigenvalue weighted by Crippen LogP contribution is -2.29. The first-order valence-corrected chi connectivity index (χ1v) is 10.2. The number of esters is 1. The maximum absolute atomic E-state index is 12.9. The molecule has 1 atom stereocenters. The van der Waals surface area contributed by atoms with E-state index < -0.39 is 23.3 Å². The molecule has 0 amide bonds. The summed E-state index contributed by atoms with van der Waals surface area (Å²) >= 11 is 0. The molecule has 31 heavy (non-hydrogen) atoms. The van der Waals surface area contributed by atoms with E-state index in [1.54, 1.807) is 13.1 Å². The maximum atomic E-state index is 12.9. The smallest absolute Gasteiger partial charge is 0.373 e. The minimum absolute atomic E-state index is 0.108. The number of aliphatic carboxylic acids is 1.